The van der Waals surface area contributed by atoms with Crippen LogP contribution in [0, 0.1) is 0 Å². The van der Waals surface area contributed by atoms with Crippen molar-refractivity contribution in [3.63, 3.8) is 0 Å². The van der Waals surface area contributed by atoms with Crippen LogP contribution in [-0.2, 0) is 33.1 Å². The lowest BCUT2D eigenvalue weighted by Gasteiger charge is -2.27. The number of hydrogen-bond acceptors (Lipinski definition) is 5. The van der Waals surface area contributed by atoms with Crippen molar-refractivity contribution >= 4 is 15.9 Å². The molecule has 0 bridgehead atoms. The second-order valence-corrected chi connectivity index (χ2v) is 9.66. The van der Waals surface area contributed by atoms with Gasteiger partial charge in [0, 0.05) is 45.2 Å². The Morgan fingerprint density at radius 2 is 1.87 bits per heavy atom. The molecule has 3 rings (SSSR count). The molecule has 9 heteroatoms. The van der Waals surface area contributed by atoms with Gasteiger partial charge in [0.25, 0.3) is 0 Å². The molecule has 1 aliphatic carbocycles. The van der Waals surface area contributed by atoms with Gasteiger partial charge >= 0.3 is 0 Å². The monoisotopic (exact) mass is 449 g/mol. The van der Waals surface area contributed by atoms with Gasteiger partial charge in [-0.1, -0.05) is 0 Å². The smallest absolute Gasteiger partial charge is 0.243 e. The predicted octanol–water partition coefficient (Wildman–Crippen LogP) is 2.25. The summed E-state index contributed by atoms with van der Waals surface area (Å²) in [6, 6.07) is 10.3. The summed E-state index contributed by atoms with van der Waals surface area (Å²) in [5.41, 5.74) is 1.02. The third kappa shape index (κ3) is 5.87. The Hall–Kier alpha value is -2.36. The predicted molar refractivity (Wildman–Crippen MR) is 117 cm³/mol. The first-order valence-corrected chi connectivity index (χ1v) is 11.8. The van der Waals surface area contributed by atoms with Crippen molar-refractivity contribution < 1.29 is 22.7 Å². The largest absolute Gasteiger partial charge is 0.497 e. The van der Waals surface area contributed by atoms with Gasteiger partial charge in [0.1, 0.15) is 5.75 Å². The lowest BCUT2D eigenvalue weighted by Crippen LogP contribution is -2.44. The summed E-state index contributed by atoms with van der Waals surface area (Å²) >= 11 is 0. The number of ether oxygens (including phenoxy) is 2. The molecule has 0 aliphatic heterocycles. The maximum absolute atomic E-state index is 13.3. The molecule has 1 heterocycles. The zero-order chi connectivity index (χ0) is 22.4. The fourth-order valence-corrected chi connectivity index (χ4v) is 4.88. The molecule has 0 radical (unpaired) electrons. The van der Waals surface area contributed by atoms with E-state index < -0.39 is 10.0 Å². The Bertz CT molecular complexity index is 967. The highest BCUT2D eigenvalue weighted by Gasteiger charge is 2.35. The molecule has 1 aromatic carbocycles. The van der Waals surface area contributed by atoms with Crippen LogP contribution in [0.5, 0.6) is 5.75 Å². The van der Waals surface area contributed by atoms with Crippen molar-refractivity contribution in [3.05, 3.63) is 48.3 Å². The zero-order valence-electron chi connectivity index (χ0n) is 18.4. The summed E-state index contributed by atoms with van der Waals surface area (Å²) < 4.78 is 40.1. The highest BCUT2D eigenvalue weighted by atomic mass is 32.2. The molecule has 8 nitrogen and oxygen atoms in total. The number of amides is 1. The van der Waals surface area contributed by atoms with Crippen molar-refractivity contribution in [1.29, 1.82) is 0 Å². The second-order valence-electron chi connectivity index (χ2n) is 7.72. The first-order valence-electron chi connectivity index (χ1n) is 10.4. The molecule has 1 fully saturated rings. The molecular weight excluding hydrogens is 418 g/mol. The average Bonchev–Trinajstić information content (AvgIpc) is 3.52. The minimum absolute atomic E-state index is 0.138. The van der Waals surface area contributed by atoms with Gasteiger partial charge in [0.15, 0.2) is 0 Å². The van der Waals surface area contributed by atoms with Crippen LogP contribution in [0.3, 0.4) is 0 Å². The van der Waals surface area contributed by atoms with E-state index in [1.54, 1.807) is 19.2 Å². The van der Waals surface area contributed by atoms with Crippen molar-refractivity contribution in [1.82, 2.24) is 13.8 Å². The number of nitrogens with zero attached hydrogens (tertiary/aromatic N) is 3. The molecule has 1 saturated carbocycles. The average molecular weight is 450 g/mol. The zero-order valence-corrected chi connectivity index (χ0v) is 19.2. The minimum atomic E-state index is -3.84. The molecule has 31 heavy (non-hydrogen) atoms. The first kappa shape index (κ1) is 23.3. The van der Waals surface area contributed by atoms with E-state index in [1.807, 2.05) is 34.8 Å². The minimum Gasteiger partial charge on any atom is -0.497 e. The SMILES string of the molecule is COCCCN(CC(=O)N(Cc1cccn1C)C1CC1)S(=O)(=O)c1ccc(OC)cc1. The van der Waals surface area contributed by atoms with Gasteiger partial charge in [0.05, 0.1) is 25.1 Å². The van der Waals surface area contributed by atoms with Gasteiger partial charge in [-0.2, -0.15) is 4.31 Å². The number of rotatable bonds is 12. The van der Waals surface area contributed by atoms with E-state index in [2.05, 4.69) is 0 Å². The van der Waals surface area contributed by atoms with E-state index in [0.29, 0.717) is 25.3 Å². The van der Waals surface area contributed by atoms with E-state index in [1.165, 1.54) is 23.5 Å². The normalized spacial score (nSPS) is 14.1. The van der Waals surface area contributed by atoms with Crippen molar-refractivity contribution in [2.45, 2.75) is 36.7 Å². The number of methoxy groups -OCH3 is 2. The molecule has 0 unspecified atom stereocenters. The summed E-state index contributed by atoms with van der Waals surface area (Å²) in [5.74, 6) is 0.390. The number of aromatic nitrogens is 1. The molecular formula is C22H31N3O5S. The molecule has 1 aliphatic rings. The third-order valence-corrected chi connectivity index (χ3v) is 7.32. The molecule has 1 aromatic heterocycles. The van der Waals surface area contributed by atoms with Gasteiger partial charge in [-0.3, -0.25) is 4.79 Å². The van der Waals surface area contributed by atoms with Crippen LogP contribution in [0.15, 0.2) is 47.5 Å². The number of hydrogen-bond donors (Lipinski definition) is 0. The standard InChI is InChI=1S/C22H31N3O5S/c1-23-13-4-6-19(23)16-25(18-7-8-18)22(26)17-24(14-5-15-29-2)31(27,28)21-11-9-20(30-3)10-12-21/h4,6,9-13,18H,5,7-8,14-17H2,1-3H3. The quantitative estimate of drug-likeness (QED) is 0.464. The molecule has 0 spiro atoms. The summed E-state index contributed by atoms with van der Waals surface area (Å²) in [6.45, 7) is 0.898. The van der Waals surface area contributed by atoms with Gasteiger partial charge in [0.2, 0.25) is 15.9 Å². The third-order valence-electron chi connectivity index (χ3n) is 5.46. The van der Waals surface area contributed by atoms with Gasteiger partial charge in [-0.15, -0.1) is 0 Å². The number of benzene rings is 1. The molecule has 1 amide bonds. The van der Waals surface area contributed by atoms with Crippen molar-refractivity contribution in [3.8, 4) is 5.75 Å². The van der Waals surface area contributed by atoms with Gasteiger partial charge < -0.3 is 18.9 Å². The van der Waals surface area contributed by atoms with Crippen LogP contribution in [0.2, 0.25) is 0 Å². The Labute approximate surface area is 184 Å². The fourth-order valence-electron chi connectivity index (χ4n) is 3.45. The Balaban J connectivity index is 1.79. The first-order chi connectivity index (χ1) is 14.9. The van der Waals surface area contributed by atoms with Gasteiger partial charge in [-0.05, 0) is 55.7 Å². The maximum atomic E-state index is 13.3. The molecule has 0 saturated heterocycles. The molecule has 0 atom stereocenters. The van der Waals surface area contributed by atoms with Crippen molar-refractivity contribution in [2.24, 2.45) is 7.05 Å². The highest BCUT2D eigenvalue weighted by molar-refractivity contribution is 7.89. The van der Waals surface area contributed by atoms with Crippen LogP contribution in [-0.4, -0.2) is 68.1 Å². The number of sulfonamides is 1. The summed E-state index contributed by atoms with van der Waals surface area (Å²) in [7, 11) is 1.20. The van der Waals surface area contributed by atoms with E-state index >= 15 is 0 Å². The van der Waals surface area contributed by atoms with Crippen LogP contribution in [0.25, 0.3) is 0 Å². The van der Waals surface area contributed by atoms with Crippen LogP contribution < -0.4 is 4.74 Å². The van der Waals surface area contributed by atoms with Crippen molar-refractivity contribution in [2.75, 3.05) is 33.9 Å². The van der Waals surface area contributed by atoms with E-state index in [-0.39, 0.29) is 29.9 Å². The number of aryl methyl sites for hydroxylation is 1. The van der Waals surface area contributed by atoms with Crippen LogP contribution in [0.1, 0.15) is 25.0 Å². The topological polar surface area (TPSA) is 81.1 Å². The van der Waals surface area contributed by atoms with E-state index in [0.717, 1.165) is 18.5 Å². The number of carbonyl (C=O) groups is 1. The molecule has 2 aromatic rings. The summed E-state index contributed by atoms with van der Waals surface area (Å²) in [5, 5.41) is 0. The Morgan fingerprint density at radius 1 is 1.16 bits per heavy atom. The second kappa shape index (κ2) is 10.3. The highest BCUT2D eigenvalue weighted by Crippen LogP contribution is 2.29. The molecule has 0 N–H and O–H groups in total. The van der Waals surface area contributed by atoms with Crippen LogP contribution >= 0.6 is 0 Å². The van der Waals surface area contributed by atoms with Gasteiger partial charge in [-0.25, -0.2) is 8.42 Å². The Kier molecular flexibility index (Phi) is 7.74. The lowest BCUT2D eigenvalue weighted by atomic mass is 10.3. The Morgan fingerprint density at radius 3 is 2.42 bits per heavy atom. The maximum Gasteiger partial charge on any atom is 0.243 e. The number of carbonyl (C=O) groups excluding carboxylic acids is 1. The molecule has 170 valence electrons. The fraction of sp³-hybridized carbons (Fsp3) is 0.500. The lowest BCUT2D eigenvalue weighted by molar-refractivity contribution is -0.132. The summed E-state index contributed by atoms with van der Waals surface area (Å²) in [6.07, 6.45) is 4.34. The van der Waals surface area contributed by atoms with E-state index in [4.69, 9.17) is 9.47 Å². The summed E-state index contributed by atoms with van der Waals surface area (Å²) in [4.78, 5) is 15.2. The van der Waals surface area contributed by atoms with Crippen LogP contribution in [0.4, 0.5) is 0 Å². The van der Waals surface area contributed by atoms with E-state index in [9.17, 15) is 13.2 Å².